The molecule has 1 unspecified atom stereocenters. The molecule has 2 rings (SSSR count). The molecule has 108 valence electrons. The Morgan fingerprint density at radius 3 is 2.50 bits per heavy atom. The molecule has 0 saturated carbocycles. The smallest absolute Gasteiger partial charge is 0.114 e. The van der Waals surface area contributed by atoms with E-state index in [2.05, 4.69) is 47.9 Å². The average molecular weight is 272 g/mol. The van der Waals surface area contributed by atoms with Crippen molar-refractivity contribution in [3.8, 4) is 6.07 Å². The predicted octanol–water partition coefficient (Wildman–Crippen LogP) is 1.67. The van der Waals surface area contributed by atoms with Crippen molar-refractivity contribution in [3.05, 3.63) is 29.3 Å². The molecule has 0 aliphatic carbocycles. The minimum atomic E-state index is -0.749. The third kappa shape index (κ3) is 3.30. The molecule has 1 atom stereocenters. The van der Waals surface area contributed by atoms with Crippen LogP contribution in [-0.2, 0) is 0 Å². The zero-order valence-corrected chi connectivity index (χ0v) is 12.7. The minimum absolute atomic E-state index is 0.643. The molecule has 0 amide bonds. The summed E-state index contributed by atoms with van der Waals surface area (Å²) in [5, 5.41) is 9.01. The van der Waals surface area contributed by atoms with Crippen LogP contribution in [0, 0.1) is 25.2 Å². The van der Waals surface area contributed by atoms with Crippen molar-refractivity contribution in [2.75, 3.05) is 37.6 Å². The SMILES string of the molecule is Cc1cccc(N2CCN(CC(C)(N)C#N)CC2)c1C. The Morgan fingerprint density at radius 2 is 1.90 bits per heavy atom. The van der Waals surface area contributed by atoms with E-state index >= 15 is 0 Å². The Kier molecular flexibility index (Phi) is 4.32. The quantitative estimate of drug-likeness (QED) is 0.909. The fourth-order valence-electron chi connectivity index (χ4n) is 2.72. The predicted molar refractivity (Wildman–Crippen MR) is 82.8 cm³/mol. The maximum atomic E-state index is 9.01. The van der Waals surface area contributed by atoms with Crippen LogP contribution >= 0.6 is 0 Å². The number of aryl methyl sites for hydroxylation is 1. The van der Waals surface area contributed by atoms with Crippen LogP contribution < -0.4 is 10.6 Å². The number of nitrogens with two attached hydrogens (primary N) is 1. The van der Waals surface area contributed by atoms with Gasteiger partial charge in [-0.1, -0.05) is 12.1 Å². The highest BCUT2D eigenvalue weighted by Crippen LogP contribution is 2.24. The van der Waals surface area contributed by atoms with E-state index in [1.54, 1.807) is 6.92 Å². The number of piperazine rings is 1. The van der Waals surface area contributed by atoms with Crippen LogP contribution in [0.1, 0.15) is 18.1 Å². The molecule has 0 radical (unpaired) electrons. The van der Waals surface area contributed by atoms with Crippen molar-refractivity contribution >= 4 is 5.69 Å². The molecular weight excluding hydrogens is 248 g/mol. The van der Waals surface area contributed by atoms with Gasteiger partial charge in [-0.2, -0.15) is 5.26 Å². The summed E-state index contributed by atoms with van der Waals surface area (Å²) >= 11 is 0. The molecule has 4 heteroatoms. The van der Waals surface area contributed by atoms with Crippen LogP contribution in [0.5, 0.6) is 0 Å². The Hall–Kier alpha value is -1.57. The van der Waals surface area contributed by atoms with Gasteiger partial charge in [-0.3, -0.25) is 4.90 Å². The first kappa shape index (κ1) is 14.8. The molecule has 1 saturated heterocycles. The van der Waals surface area contributed by atoms with Gasteiger partial charge in [-0.05, 0) is 38.0 Å². The topological polar surface area (TPSA) is 56.3 Å². The fraction of sp³-hybridized carbons (Fsp3) is 0.562. The first-order valence-corrected chi connectivity index (χ1v) is 7.16. The van der Waals surface area contributed by atoms with Gasteiger partial charge in [0.2, 0.25) is 0 Å². The minimum Gasteiger partial charge on any atom is -0.369 e. The van der Waals surface area contributed by atoms with Crippen LogP contribution in [0.25, 0.3) is 0 Å². The third-order valence-electron chi connectivity index (χ3n) is 4.10. The molecule has 0 bridgehead atoms. The standard InChI is InChI=1S/C16H24N4/c1-13-5-4-6-15(14(13)2)20-9-7-19(8-10-20)12-16(3,18)11-17/h4-6H,7-10,12,18H2,1-3H3. The van der Waals surface area contributed by atoms with Crippen LogP contribution in [0.2, 0.25) is 0 Å². The summed E-state index contributed by atoms with van der Waals surface area (Å²) in [5.41, 5.74) is 9.20. The highest BCUT2D eigenvalue weighted by Gasteiger charge is 2.25. The van der Waals surface area contributed by atoms with Crippen LogP contribution in [0.15, 0.2) is 18.2 Å². The molecule has 1 aliphatic heterocycles. The van der Waals surface area contributed by atoms with Crippen molar-refractivity contribution in [1.82, 2.24) is 4.90 Å². The van der Waals surface area contributed by atoms with Gasteiger partial charge in [0.15, 0.2) is 0 Å². The third-order valence-corrected chi connectivity index (χ3v) is 4.10. The summed E-state index contributed by atoms with van der Waals surface area (Å²) in [6.07, 6.45) is 0. The van der Waals surface area contributed by atoms with E-state index in [-0.39, 0.29) is 0 Å². The number of anilines is 1. The van der Waals surface area contributed by atoms with E-state index in [1.807, 2.05) is 0 Å². The van der Waals surface area contributed by atoms with Crippen molar-refractivity contribution in [3.63, 3.8) is 0 Å². The molecule has 1 aromatic carbocycles. The van der Waals surface area contributed by atoms with Gasteiger partial charge in [0, 0.05) is 38.4 Å². The molecule has 2 N–H and O–H groups in total. The van der Waals surface area contributed by atoms with Gasteiger partial charge < -0.3 is 10.6 Å². The van der Waals surface area contributed by atoms with Gasteiger partial charge >= 0.3 is 0 Å². The summed E-state index contributed by atoms with van der Waals surface area (Å²) in [6, 6.07) is 8.64. The summed E-state index contributed by atoms with van der Waals surface area (Å²) in [4.78, 5) is 4.71. The number of nitrogens with zero attached hydrogens (tertiary/aromatic N) is 3. The summed E-state index contributed by atoms with van der Waals surface area (Å²) < 4.78 is 0. The molecule has 0 spiro atoms. The molecule has 1 aromatic rings. The van der Waals surface area contributed by atoms with Crippen LogP contribution in [-0.4, -0.2) is 43.2 Å². The molecule has 20 heavy (non-hydrogen) atoms. The van der Waals surface area contributed by atoms with E-state index in [9.17, 15) is 0 Å². The Bertz CT molecular complexity index is 508. The molecular formula is C16H24N4. The Labute approximate surface area is 121 Å². The van der Waals surface area contributed by atoms with E-state index in [4.69, 9.17) is 11.0 Å². The van der Waals surface area contributed by atoms with Crippen molar-refractivity contribution in [2.24, 2.45) is 5.73 Å². The van der Waals surface area contributed by atoms with Crippen LogP contribution in [0.3, 0.4) is 0 Å². The van der Waals surface area contributed by atoms with Gasteiger partial charge in [0.25, 0.3) is 0 Å². The van der Waals surface area contributed by atoms with Gasteiger partial charge in [0.1, 0.15) is 5.54 Å². The highest BCUT2D eigenvalue weighted by atomic mass is 15.3. The van der Waals surface area contributed by atoms with E-state index < -0.39 is 5.54 Å². The van der Waals surface area contributed by atoms with Crippen molar-refractivity contribution < 1.29 is 0 Å². The summed E-state index contributed by atoms with van der Waals surface area (Å²) in [6.45, 7) is 10.7. The normalized spacial score (nSPS) is 19.4. The van der Waals surface area contributed by atoms with Gasteiger partial charge in [-0.15, -0.1) is 0 Å². The fourth-order valence-corrected chi connectivity index (χ4v) is 2.72. The largest absolute Gasteiger partial charge is 0.369 e. The zero-order chi connectivity index (χ0) is 14.8. The first-order valence-electron chi connectivity index (χ1n) is 7.16. The van der Waals surface area contributed by atoms with Gasteiger partial charge in [0.05, 0.1) is 6.07 Å². The number of hydrogen-bond donors (Lipinski definition) is 1. The van der Waals surface area contributed by atoms with Crippen molar-refractivity contribution in [1.29, 1.82) is 5.26 Å². The molecule has 0 aromatic heterocycles. The number of hydrogen-bond acceptors (Lipinski definition) is 4. The lowest BCUT2D eigenvalue weighted by Crippen LogP contribution is -2.53. The second-order valence-electron chi connectivity index (χ2n) is 6.01. The number of rotatable bonds is 3. The maximum Gasteiger partial charge on any atom is 0.114 e. The molecule has 1 fully saturated rings. The molecule has 4 nitrogen and oxygen atoms in total. The maximum absolute atomic E-state index is 9.01. The van der Waals surface area contributed by atoms with Crippen LogP contribution in [0.4, 0.5) is 5.69 Å². The zero-order valence-electron chi connectivity index (χ0n) is 12.7. The van der Waals surface area contributed by atoms with E-state index in [0.29, 0.717) is 6.54 Å². The first-order chi connectivity index (χ1) is 9.43. The lowest BCUT2D eigenvalue weighted by molar-refractivity contribution is 0.228. The van der Waals surface area contributed by atoms with E-state index in [0.717, 1.165) is 26.2 Å². The Balaban J connectivity index is 1.98. The lowest BCUT2D eigenvalue weighted by atomic mass is 10.0. The molecule has 1 heterocycles. The number of nitriles is 1. The second kappa shape index (κ2) is 5.82. The molecule has 1 aliphatic rings. The van der Waals surface area contributed by atoms with E-state index in [1.165, 1.54) is 16.8 Å². The Morgan fingerprint density at radius 1 is 1.25 bits per heavy atom. The van der Waals surface area contributed by atoms with Crippen molar-refractivity contribution in [2.45, 2.75) is 26.3 Å². The monoisotopic (exact) mass is 272 g/mol. The second-order valence-corrected chi connectivity index (χ2v) is 6.01. The lowest BCUT2D eigenvalue weighted by Gasteiger charge is -2.38. The summed E-state index contributed by atoms with van der Waals surface area (Å²) in [5.74, 6) is 0. The summed E-state index contributed by atoms with van der Waals surface area (Å²) in [7, 11) is 0. The van der Waals surface area contributed by atoms with Gasteiger partial charge in [-0.25, -0.2) is 0 Å². The highest BCUT2D eigenvalue weighted by molar-refractivity contribution is 5.56. The average Bonchev–Trinajstić information content (AvgIpc) is 2.43. The number of benzene rings is 1.